The fraction of sp³-hybridized carbons (Fsp3) is 0.312. The van der Waals surface area contributed by atoms with Crippen LogP contribution in [0, 0.1) is 5.82 Å². The summed E-state index contributed by atoms with van der Waals surface area (Å²) in [5.74, 6) is 0.823. The molecule has 0 aliphatic carbocycles. The Morgan fingerprint density at radius 1 is 1.27 bits per heavy atom. The van der Waals surface area contributed by atoms with Crippen LogP contribution in [-0.4, -0.2) is 25.8 Å². The fourth-order valence-electron chi connectivity index (χ4n) is 3.00. The average molecular weight is 297 g/mol. The molecule has 0 unspecified atom stereocenters. The highest BCUT2D eigenvalue weighted by Crippen LogP contribution is 2.20. The second-order valence-electron chi connectivity index (χ2n) is 5.58. The molecule has 1 N–H and O–H groups in total. The SMILES string of the molecule is Fc1ccc(CN[C@@H]2CCc3ncnn3C2)c2ncccc12. The van der Waals surface area contributed by atoms with E-state index in [1.54, 1.807) is 30.7 Å². The number of fused-ring (bicyclic) bond motifs is 2. The molecule has 1 aliphatic heterocycles. The van der Waals surface area contributed by atoms with Crippen molar-refractivity contribution in [1.29, 1.82) is 0 Å². The predicted molar refractivity (Wildman–Crippen MR) is 80.7 cm³/mol. The van der Waals surface area contributed by atoms with Crippen molar-refractivity contribution in [2.45, 2.75) is 32.0 Å². The zero-order chi connectivity index (χ0) is 14.9. The average Bonchev–Trinajstić information content (AvgIpc) is 3.02. The van der Waals surface area contributed by atoms with Crippen molar-refractivity contribution in [2.75, 3.05) is 0 Å². The number of rotatable bonds is 3. The third-order valence-electron chi connectivity index (χ3n) is 4.19. The van der Waals surface area contributed by atoms with Crippen molar-refractivity contribution in [3.05, 3.63) is 54.0 Å². The van der Waals surface area contributed by atoms with Gasteiger partial charge in [-0.25, -0.2) is 14.1 Å². The van der Waals surface area contributed by atoms with Gasteiger partial charge in [0.15, 0.2) is 0 Å². The maximum Gasteiger partial charge on any atom is 0.138 e. The van der Waals surface area contributed by atoms with E-state index in [4.69, 9.17) is 0 Å². The Balaban J connectivity index is 1.52. The van der Waals surface area contributed by atoms with Gasteiger partial charge >= 0.3 is 0 Å². The maximum absolute atomic E-state index is 13.8. The highest BCUT2D eigenvalue weighted by molar-refractivity contribution is 5.82. The third-order valence-corrected chi connectivity index (χ3v) is 4.19. The zero-order valence-electron chi connectivity index (χ0n) is 12.0. The largest absolute Gasteiger partial charge is 0.308 e. The number of benzene rings is 1. The third kappa shape index (κ3) is 2.35. The van der Waals surface area contributed by atoms with Crippen molar-refractivity contribution in [2.24, 2.45) is 0 Å². The first-order valence-electron chi connectivity index (χ1n) is 7.43. The summed E-state index contributed by atoms with van der Waals surface area (Å²) in [4.78, 5) is 8.56. The van der Waals surface area contributed by atoms with Gasteiger partial charge < -0.3 is 5.32 Å². The summed E-state index contributed by atoms with van der Waals surface area (Å²) < 4.78 is 15.8. The van der Waals surface area contributed by atoms with E-state index in [1.165, 1.54) is 6.07 Å². The van der Waals surface area contributed by atoms with Gasteiger partial charge in [0.2, 0.25) is 0 Å². The van der Waals surface area contributed by atoms with E-state index >= 15 is 0 Å². The van der Waals surface area contributed by atoms with Crippen LogP contribution in [0.1, 0.15) is 17.8 Å². The van der Waals surface area contributed by atoms with Crippen LogP contribution in [0.2, 0.25) is 0 Å². The van der Waals surface area contributed by atoms with Crippen LogP contribution >= 0.6 is 0 Å². The molecule has 0 amide bonds. The molecule has 1 aromatic carbocycles. The van der Waals surface area contributed by atoms with Gasteiger partial charge in [-0.2, -0.15) is 5.10 Å². The molecule has 0 fully saturated rings. The Kier molecular flexibility index (Phi) is 3.31. The summed E-state index contributed by atoms with van der Waals surface area (Å²) >= 11 is 0. The van der Waals surface area contributed by atoms with Gasteiger partial charge in [0.1, 0.15) is 18.0 Å². The van der Waals surface area contributed by atoms with Crippen LogP contribution in [0.25, 0.3) is 10.9 Å². The van der Waals surface area contributed by atoms with Crippen LogP contribution in [0.15, 0.2) is 36.8 Å². The van der Waals surface area contributed by atoms with Crippen molar-refractivity contribution >= 4 is 10.9 Å². The molecule has 6 heteroatoms. The summed E-state index contributed by atoms with van der Waals surface area (Å²) in [6.07, 6.45) is 5.27. The van der Waals surface area contributed by atoms with Crippen molar-refractivity contribution < 1.29 is 4.39 Å². The lowest BCUT2D eigenvalue weighted by molar-refractivity contribution is 0.358. The monoisotopic (exact) mass is 297 g/mol. The highest BCUT2D eigenvalue weighted by Gasteiger charge is 2.19. The van der Waals surface area contributed by atoms with Crippen LogP contribution < -0.4 is 5.32 Å². The number of halogens is 1. The zero-order valence-corrected chi connectivity index (χ0v) is 12.0. The van der Waals surface area contributed by atoms with Gasteiger partial charge in [0, 0.05) is 30.6 Å². The van der Waals surface area contributed by atoms with E-state index < -0.39 is 0 Å². The number of aromatic nitrogens is 4. The van der Waals surface area contributed by atoms with Crippen molar-refractivity contribution in [3.63, 3.8) is 0 Å². The summed E-state index contributed by atoms with van der Waals surface area (Å²) in [5.41, 5.74) is 1.74. The number of hydrogen-bond donors (Lipinski definition) is 1. The normalized spacial score (nSPS) is 17.6. The van der Waals surface area contributed by atoms with Gasteiger partial charge in [0.25, 0.3) is 0 Å². The molecule has 22 heavy (non-hydrogen) atoms. The second-order valence-corrected chi connectivity index (χ2v) is 5.58. The Hall–Kier alpha value is -2.34. The van der Waals surface area contributed by atoms with E-state index in [2.05, 4.69) is 20.4 Å². The number of aryl methyl sites for hydroxylation is 1. The van der Waals surface area contributed by atoms with Crippen LogP contribution in [0.3, 0.4) is 0 Å². The lowest BCUT2D eigenvalue weighted by Gasteiger charge is -2.23. The molecule has 0 spiro atoms. The fourth-order valence-corrected chi connectivity index (χ4v) is 3.00. The van der Waals surface area contributed by atoms with Gasteiger partial charge in [-0.3, -0.25) is 4.98 Å². The first kappa shape index (κ1) is 13.3. The minimum absolute atomic E-state index is 0.225. The summed E-state index contributed by atoms with van der Waals surface area (Å²) in [7, 11) is 0. The summed E-state index contributed by atoms with van der Waals surface area (Å²) in [6, 6.07) is 7.19. The minimum Gasteiger partial charge on any atom is -0.308 e. The first-order chi connectivity index (χ1) is 10.8. The lowest BCUT2D eigenvalue weighted by Crippen LogP contribution is -2.37. The first-order valence-corrected chi connectivity index (χ1v) is 7.43. The molecule has 5 nitrogen and oxygen atoms in total. The molecule has 0 saturated heterocycles. The molecule has 1 aliphatic rings. The van der Waals surface area contributed by atoms with Gasteiger partial charge in [-0.05, 0) is 30.2 Å². The quantitative estimate of drug-likeness (QED) is 0.804. The van der Waals surface area contributed by atoms with Crippen LogP contribution in [0.4, 0.5) is 4.39 Å². The van der Waals surface area contributed by atoms with E-state index in [0.717, 1.165) is 36.3 Å². The highest BCUT2D eigenvalue weighted by atomic mass is 19.1. The number of pyridine rings is 1. The maximum atomic E-state index is 13.8. The van der Waals surface area contributed by atoms with Crippen molar-refractivity contribution in [1.82, 2.24) is 25.1 Å². The van der Waals surface area contributed by atoms with Crippen molar-refractivity contribution in [3.8, 4) is 0 Å². The van der Waals surface area contributed by atoms with E-state index in [0.29, 0.717) is 18.0 Å². The van der Waals surface area contributed by atoms with Gasteiger partial charge in [-0.1, -0.05) is 6.07 Å². The molecule has 3 heterocycles. The van der Waals surface area contributed by atoms with E-state index in [1.807, 2.05) is 4.68 Å². The van der Waals surface area contributed by atoms with Gasteiger partial charge in [-0.15, -0.1) is 0 Å². The summed E-state index contributed by atoms with van der Waals surface area (Å²) in [6.45, 7) is 1.49. The Labute approximate surface area is 127 Å². The molecule has 3 aromatic rings. The standard InChI is InChI=1S/C16H16FN5/c17-14-5-3-11(16-13(14)2-1-7-18-16)8-19-12-4-6-15-20-10-21-22(15)9-12/h1-3,5,7,10,12,19H,4,6,8-9H2/t12-/m1/s1. The predicted octanol–water partition coefficient (Wildman–Crippen LogP) is 2.07. The molecule has 112 valence electrons. The molecular weight excluding hydrogens is 281 g/mol. The summed E-state index contributed by atoms with van der Waals surface area (Å²) in [5, 5.41) is 8.33. The van der Waals surface area contributed by atoms with E-state index in [-0.39, 0.29) is 5.82 Å². The topological polar surface area (TPSA) is 55.6 Å². The minimum atomic E-state index is -0.225. The molecular formula is C16H16FN5. The Morgan fingerprint density at radius 3 is 3.18 bits per heavy atom. The number of nitrogens with zero attached hydrogens (tertiary/aromatic N) is 4. The number of nitrogens with one attached hydrogen (secondary N) is 1. The molecule has 0 bridgehead atoms. The van der Waals surface area contributed by atoms with E-state index in [9.17, 15) is 4.39 Å². The second kappa shape index (κ2) is 5.46. The Morgan fingerprint density at radius 2 is 2.23 bits per heavy atom. The molecule has 2 aromatic heterocycles. The number of hydrogen-bond acceptors (Lipinski definition) is 4. The molecule has 0 saturated carbocycles. The molecule has 4 rings (SSSR count). The van der Waals surface area contributed by atoms with Gasteiger partial charge in [0.05, 0.1) is 12.1 Å². The van der Waals surface area contributed by atoms with Crippen LogP contribution in [0.5, 0.6) is 0 Å². The molecule has 0 radical (unpaired) electrons. The Bertz CT molecular complexity index is 813. The smallest absolute Gasteiger partial charge is 0.138 e. The molecule has 1 atom stereocenters. The lowest BCUT2D eigenvalue weighted by atomic mass is 10.1. The van der Waals surface area contributed by atoms with Crippen LogP contribution in [-0.2, 0) is 19.5 Å².